The second kappa shape index (κ2) is 1.73. The van der Waals surface area contributed by atoms with Gasteiger partial charge in [0.25, 0.3) is 0 Å². The first-order chi connectivity index (χ1) is 3.79. The molecule has 3 nitrogen and oxygen atoms in total. The molecule has 0 saturated carbocycles. The molecule has 0 aliphatic carbocycles. The van der Waals surface area contributed by atoms with Crippen LogP contribution in [0.3, 0.4) is 0 Å². The summed E-state index contributed by atoms with van der Waals surface area (Å²) in [4.78, 5) is 0.281. The quantitative estimate of drug-likeness (QED) is 0.347. The predicted molar refractivity (Wildman–Crippen MR) is 23.2 cm³/mol. The van der Waals surface area contributed by atoms with Gasteiger partial charge in [-0.2, -0.15) is 0 Å². The highest BCUT2D eigenvalue weighted by atomic mass is 19.1. The Morgan fingerprint density at radius 3 is 2.88 bits per heavy atom. The van der Waals surface area contributed by atoms with Crippen molar-refractivity contribution in [3.8, 4) is 0 Å². The monoisotopic (exact) mass is 114 g/mol. The largest absolute Gasteiger partial charge is 0.594 e. The van der Waals surface area contributed by atoms with Gasteiger partial charge in [0, 0.05) is 11.2 Å². The van der Waals surface area contributed by atoms with Crippen LogP contribution in [0.2, 0.25) is 0 Å². The van der Waals surface area contributed by atoms with Gasteiger partial charge in [0.2, 0.25) is 6.20 Å². The van der Waals surface area contributed by atoms with E-state index in [1.165, 1.54) is 0 Å². The SMILES string of the molecule is [O-][n+]1ccc(F)cn1. The fraction of sp³-hybridized carbons (Fsp3) is 0. The van der Waals surface area contributed by atoms with Crippen LogP contribution < -0.4 is 4.85 Å². The van der Waals surface area contributed by atoms with Crippen molar-refractivity contribution >= 4 is 0 Å². The molecule has 0 aliphatic rings. The maximum Gasteiger partial charge on any atom is 0.212 e. The standard InChI is InChI=1S/C4H3FN2O/c5-4-1-2-7(8)6-3-4/h1-3H. The summed E-state index contributed by atoms with van der Waals surface area (Å²) in [5, 5.41) is 13.1. The van der Waals surface area contributed by atoms with Crippen molar-refractivity contribution in [1.82, 2.24) is 5.10 Å². The summed E-state index contributed by atoms with van der Waals surface area (Å²) in [5.41, 5.74) is 0. The highest BCUT2D eigenvalue weighted by molar-refractivity contribution is 4.82. The van der Waals surface area contributed by atoms with Gasteiger partial charge in [-0.1, -0.05) is 4.85 Å². The topological polar surface area (TPSA) is 39.8 Å². The molecule has 0 bridgehead atoms. The molecule has 0 atom stereocenters. The minimum Gasteiger partial charge on any atom is -0.594 e. The van der Waals surface area contributed by atoms with Crippen LogP contribution in [0.1, 0.15) is 0 Å². The van der Waals surface area contributed by atoms with Crippen LogP contribution in [0.15, 0.2) is 18.5 Å². The molecule has 0 unspecified atom stereocenters. The summed E-state index contributed by atoms with van der Waals surface area (Å²) in [6.45, 7) is 0. The van der Waals surface area contributed by atoms with E-state index in [1.807, 2.05) is 0 Å². The van der Waals surface area contributed by atoms with E-state index >= 15 is 0 Å². The molecule has 1 aromatic rings. The van der Waals surface area contributed by atoms with E-state index in [4.69, 9.17) is 0 Å². The van der Waals surface area contributed by atoms with E-state index in [1.54, 1.807) is 0 Å². The fourth-order valence-corrected chi connectivity index (χ4v) is 0.329. The van der Waals surface area contributed by atoms with E-state index < -0.39 is 5.82 Å². The number of rotatable bonds is 0. The molecule has 0 N–H and O–H groups in total. The zero-order valence-electron chi connectivity index (χ0n) is 3.91. The van der Waals surface area contributed by atoms with Gasteiger partial charge in [0.15, 0.2) is 5.82 Å². The third-order valence-corrected chi connectivity index (χ3v) is 0.656. The first-order valence-corrected chi connectivity index (χ1v) is 2.00. The van der Waals surface area contributed by atoms with Crippen LogP contribution in [-0.2, 0) is 0 Å². The van der Waals surface area contributed by atoms with Crippen LogP contribution in [0.25, 0.3) is 0 Å². The summed E-state index contributed by atoms with van der Waals surface area (Å²) < 4.78 is 11.9. The van der Waals surface area contributed by atoms with Crippen LogP contribution in [-0.4, -0.2) is 5.10 Å². The first kappa shape index (κ1) is 4.96. The second-order valence-corrected chi connectivity index (χ2v) is 1.25. The predicted octanol–water partition coefficient (Wildman–Crippen LogP) is -0.146. The summed E-state index contributed by atoms with van der Waals surface area (Å²) in [6, 6.07) is 1.04. The zero-order valence-corrected chi connectivity index (χ0v) is 3.91. The molecule has 0 fully saturated rings. The molecule has 0 amide bonds. The Morgan fingerprint density at radius 2 is 2.50 bits per heavy atom. The molecule has 8 heavy (non-hydrogen) atoms. The summed E-state index contributed by atoms with van der Waals surface area (Å²) in [7, 11) is 0. The average molecular weight is 114 g/mol. The third-order valence-electron chi connectivity index (χ3n) is 0.656. The molecule has 1 heterocycles. The van der Waals surface area contributed by atoms with E-state index in [0.717, 1.165) is 18.5 Å². The van der Waals surface area contributed by atoms with Gasteiger partial charge in [0.1, 0.15) is 6.20 Å². The lowest BCUT2D eigenvalue weighted by Crippen LogP contribution is -2.29. The maximum atomic E-state index is 11.9. The van der Waals surface area contributed by atoms with Crippen LogP contribution in [0.4, 0.5) is 4.39 Å². The maximum absolute atomic E-state index is 11.9. The number of aromatic nitrogens is 2. The molecule has 0 radical (unpaired) electrons. The van der Waals surface area contributed by atoms with Crippen molar-refractivity contribution < 1.29 is 9.24 Å². The highest BCUT2D eigenvalue weighted by Gasteiger charge is 1.89. The van der Waals surface area contributed by atoms with Crippen molar-refractivity contribution in [2.45, 2.75) is 0 Å². The summed E-state index contributed by atoms with van der Waals surface area (Å²) in [6.07, 6.45) is 1.85. The first-order valence-electron chi connectivity index (χ1n) is 2.00. The number of nitrogens with zero attached hydrogens (tertiary/aromatic N) is 2. The van der Waals surface area contributed by atoms with Crippen LogP contribution in [0, 0.1) is 11.0 Å². The zero-order chi connectivity index (χ0) is 5.98. The molecule has 42 valence electrons. The molecule has 0 aliphatic heterocycles. The Bertz CT molecular complexity index is 153. The van der Waals surface area contributed by atoms with E-state index in [0.29, 0.717) is 0 Å². The van der Waals surface area contributed by atoms with E-state index in [-0.39, 0.29) is 4.85 Å². The van der Waals surface area contributed by atoms with Crippen molar-refractivity contribution in [3.05, 3.63) is 29.5 Å². The number of hydrogen-bond acceptors (Lipinski definition) is 2. The van der Waals surface area contributed by atoms with Gasteiger partial charge < -0.3 is 5.21 Å². The lowest BCUT2D eigenvalue weighted by atomic mass is 10.6. The van der Waals surface area contributed by atoms with Gasteiger partial charge in [0.05, 0.1) is 0 Å². The molecular weight excluding hydrogens is 111 g/mol. The van der Waals surface area contributed by atoms with Crippen molar-refractivity contribution in [2.24, 2.45) is 0 Å². The Kier molecular flexibility index (Phi) is 1.07. The van der Waals surface area contributed by atoms with Crippen LogP contribution in [0.5, 0.6) is 0 Å². The Balaban J connectivity index is 3.03. The molecule has 4 heteroatoms. The molecular formula is C4H3FN2O. The average Bonchev–Trinajstić information content (AvgIpc) is 1.77. The molecule has 1 rings (SSSR count). The Morgan fingerprint density at radius 1 is 1.75 bits per heavy atom. The van der Waals surface area contributed by atoms with Crippen molar-refractivity contribution in [2.75, 3.05) is 0 Å². The number of hydrogen-bond donors (Lipinski definition) is 0. The molecule has 1 aromatic heterocycles. The fourth-order valence-electron chi connectivity index (χ4n) is 0.329. The van der Waals surface area contributed by atoms with Gasteiger partial charge in [-0.3, -0.25) is 0 Å². The van der Waals surface area contributed by atoms with Gasteiger partial charge >= 0.3 is 0 Å². The summed E-state index contributed by atoms with van der Waals surface area (Å²) >= 11 is 0. The van der Waals surface area contributed by atoms with Gasteiger partial charge in [-0.05, 0) is 0 Å². The minimum absolute atomic E-state index is 0.281. The number of halogens is 1. The van der Waals surface area contributed by atoms with Crippen molar-refractivity contribution in [1.29, 1.82) is 0 Å². The van der Waals surface area contributed by atoms with Gasteiger partial charge in [-0.15, -0.1) is 0 Å². The molecule has 0 spiro atoms. The lowest BCUT2D eigenvalue weighted by Gasteiger charge is -1.86. The Hall–Kier alpha value is -1.19. The van der Waals surface area contributed by atoms with E-state index in [9.17, 15) is 9.60 Å². The lowest BCUT2D eigenvalue weighted by molar-refractivity contribution is -0.669. The Labute approximate surface area is 45.0 Å². The van der Waals surface area contributed by atoms with Crippen molar-refractivity contribution in [3.63, 3.8) is 0 Å². The normalized spacial score (nSPS) is 9.12. The van der Waals surface area contributed by atoms with E-state index in [2.05, 4.69) is 5.10 Å². The van der Waals surface area contributed by atoms with Gasteiger partial charge in [-0.25, -0.2) is 4.39 Å². The van der Waals surface area contributed by atoms with Crippen LogP contribution >= 0.6 is 0 Å². The summed E-state index contributed by atoms with van der Waals surface area (Å²) in [5.74, 6) is -0.503. The third kappa shape index (κ3) is 0.900. The smallest absolute Gasteiger partial charge is 0.212 e. The molecule has 0 saturated heterocycles. The second-order valence-electron chi connectivity index (χ2n) is 1.25. The minimum atomic E-state index is -0.503. The molecule has 0 aromatic carbocycles. The highest BCUT2D eigenvalue weighted by Crippen LogP contribution is 1.84.